The molecule has 20 heavy (non-hydrogen) atoms. The molecule has 0 spiro atoms. The van der Waals surface area contributed by atoms with Crippen molar-refractivity contribution in [1.29, 1.82) is 0 Å². The van der Waals surface area contributed by atoms with Crippen LogP contribution in [-0.4, -0.2) is 9.97 Å². The van der Waals surface area contributed by atoms with Gasteiger partial charge in [0.05, 0.1) is 5.52 Å². The molecule has 0 bridgehead atoms. The van der Waals surface area contributed by atoms with Crippen LogP contribution in [0.3, 0.4) is 0 Å². The first-order valence-corrected chi connectivity index (χ1v) is 7.40. The average Bonchev–Trinajstić information content (AvgIpc) is 2.84. The maximum Gasteiger partial charge on any atom is 0.0503 e. The van der Waals surface area contributed by atoms with Gasteiger partial charge in [-0.25, -0.2) is 0 Å². The molecule has 1 N–H and O–H groups in total. The molecule has 0 saturated heterocycles. The van der Waals surface area contributed by atoms with Crippen LogP contribution in [0.1, 0.15) is 11.1 Å². The molecular weight excluding hydrogens is 312 g/mol. The summed E-state index contributed by atoms with van der Waals surface area (Å²) >= 11 is 3.57. The van der Waals surface area contributed by atoms with Gasteiger partial charge in [0.15, 0.2) is 0 Å². The Bertz CT molecular complexity index is 983. The number of halogens is 1. The molecular formula is C17H13BrN2. The van der Waals surface area contributed by atoms with Crippen molar-refractivity contribution >= 4 is 48.5 Å². The normalized spacial score (nSPS) is 11.8. The van der Waals surface area contributed by atoms with E-state index in [0.29, 0.717) is 0 Å². The summed E-state index contributed by atoms with van der Waals surface area (Å²) < 4.78 is 1.11. The van der Waals surface area contributed by atoms with Crippen LogP contribution in [0.4, 0.5) is 0 Å². The zero-order chi connectivity index (χ0) is 13.9. The molecule has 0 atom stereocenters. The van der Waals surface area contributed by atoms with Crippen LogP contribution in [0.5, 0.6) is 0 Å². The molecule has 0 aliphatic carbocycles. The summed E-state index contributed by atoms with van der Waals surface area (Å²) in [7, 11) is 0. The summed E-state index contributed by atoms with van der Waals surface area (Å²) in [6.07, 6.45) is 3.83. The second kappa shape index (κ2) is 4.06. The van der Waals surface area contributed by atoms with E-state index < -0.39 is 0 Å². The molecule has 0 fully saturated rings. The summed E-state index contributed by atoms with van der Waals surface area (Å²) in [4.78, 5) is 7.85. The highest BCUT2D eigenvalue weighted by Crippen LogP contribution is 2.36. The largest absolute Gasteiger partial charge is 0.354 e. The quantitative estimate of drug-likeness (QED) is 0.470. The summed E-state index contributed by atoms with van der Waals surface area (Å²) in [5.74, 6) is 0. The Labute approximate surface area is 125 Å². The van der Waals surface area contributed by atoms with Crippen molar-refractivity contribution in [3.63, 3.8) is 0 Å². The van der Waals surface area contributed by atoms with Crippen LogP contribution in [0.25, 0.3) is 32.6 Å². The molecule has 2 aromatic carbocycles. The minimum atomic E-state index is 1.11. The molecule has 2 nitrogen and oxygen atoms in total. The first kappa shape index (κ1) is 11.9. The monoisotopic (exact) mass is 324 g/mol. The summed E-state index contributed by atoms with van der Waals surface area (Å²) in [5.41, 5.74) is 4.99. The molecule has 0 radical (unpaired) electrons. The third-order valence-electron chi connectivity index (χ3n) is 4.14. The fourth-order valence-corrected chi connectivity index (χ4v) is 3.49. The number of nitrogens with zero attached hydrogens (tertiary/aromatic N) is 1. The molecule has 2 heterocycles. The third kappa shape index (κ3) is 1.47. The molecule has 0 amide bonds. The SMILES string of the molecule is Cc1c2ccncc2c(C)c2c1[nH]c1ccc(Br)cc12. The van der Waals surface area contributed by atoms with E-state index in [0.717, 1.165) is 4.47 Å². The van der Waals surface area contributed by atoms with E-state index >= 15 is 0 Å². The van der Waals surface area contributed by atoms with Crippen molar-refractivity contribution in [3.05, 3.63) is 52.3 Å². The fraction of sp³-hybridized carbons (Fsp3) is 0.118. The first-order chi connectivity index (χ1) is 9.66. The summed E-state index contributed by atoms with van der Waals surface area (Å²) in [6, 6.07) is 8.48. The van der Waals surface area contributed by atoms with Crippen LogP contribution in [0, 0.1) is 13.8 Å². The lowest BCUT2D eigenvalue weighted by atomic mass is 9.97. The van der Waals surface area contributed by atoms with Gasteiger partial charge in [-0.05, 0) is 54.6 Å². The Morgan fingerprint density at radius 2 is 1.85 bits per heavy atom. The number of fused-ring (bicyclic) bond motifs is 4. The molecule has 0 aliphatic heterocycles. The van der Waals surface area contributed by atoms with Crippen LogP contribution < -0.4 is 0 Å². The summed E-state index contributed by atoms with van der Waals surface area (Å²) in [6.45, 7) is 4.36. The molecule has 0 aliphatic rings. The van der Waals surface area contributed by atoms with Gasteiger partial charge in [-0.2, -0.15) is 0 Å². The standard InChI is InChI=1S/C17H13BrN2/c1-9-14-8-19-6-5-12(14)10(2)17-16(9)13-7-11(18)3-4-15(13)20-17/h3-8,20H,1-2H3. The molecule has 4 rings (SSSR count). The Morgan fingerprint density at radius 3 is 2.70 bits per heavy atom. The van der Waals surface area contributed by atoms with Gasteiger partial charge in [-0.1, -0.05) is 15.9 Å². The van der Waals surface area contributed by atoms with Crippen LogP contribution in [-0.2, 0) is 0 Å². The topological polar surface area (TPSA) is 28.7 Å². The van der Waals surface area contributed by atoms with Gasteiger partial charge in [0, 0.05) is 38.5 Å². The molecule has 2 aromatic heterocycles. The zero-order valence-electron chi connectivity index (χ0n) is 11.3. The maximum atomic E-state index is 4.28. The predicted molar refractivity (Wildman–Crippen MR) is 88.3 cm³/mol. The Balaban J connectivity index is 2.36. The van der Waals surface area contributed by atoms with Crippen molar-refractivity contribution in [2.75, 3.05) is 0 Å². The highest BCUT2D eigenvalue weighted by atomic mass is 79.9. The Kier molecular flexibility index (Phi) is 2.42. The number of pyridine rings is 1. The molecule has 0 saturated carbocycles. The lowest BCUT2D eigenvalue weighted by Crippen LogP contribution is -1.87. The van der Waals surface area contributed by atoms with E-state index in [4.69, 9.17) is 0 Å². The number of hydrogen-bond donors (Lipinski definition) is 1. The number of hydrogen-bond acceptors (Lipinski definition) is 1. The number of rotatable bonds is 0. The van der Waals surface area contributed by atoms with E-state index in [-0.39, 0.29) is 0 Å². The van der Waals surface area contributed by atoms with E-state index in [1.54, 1.807) is 0 Å². The second-order valence-corrected chi connectivity index (χ2v) is 6.15. The predicted octanol–water partition coefficient (Wildman–Crippen LogP) is 5.25. The van der Waals surface area contributed by atoms with E-state index in [9.17, 15) is 0 Å². The Morgan fingerprint density at radius 1 is 1.00 bits per heavy atom. The molecule has 98 valence electrons. The van der Waals surface area contributed by atoms with Gasteiger partial charge >= 0.3 is 0 Å². The number of aromatic nitrogens is 2. The van der Waals surface area contributed by atoms with Gasteiger partial charge in [0.25, 0.3) is 0 Å². The highest BCUT2D eigenvalue weighted by Gasteiger charge is 2.13. The third-order valence-corrected chi connectivity index (χ3v) is 4.63. The molecule has 4 aromatic rings. The van der Waals surface area contributed by atoms with Crippen LogP contribution in [0.2, 0.25) is 0 Å². The van der Waals surface area contributed by atoms with Gasteiger partial charge in [0.2, 0.25) is 0 Å². The van der Waals surface area contributed by atoms with Gasteiger partial charge in [0.1, 0.15) is 0 Å². The molecule has 0 unspecified atom stereocenters. The number of aryl methyl sites for hydroxylation is 2. The van der Waals surface area contributed by atoms with E-state index in [2.05, 4.69) is 64.0 Å². The van der Waals surface area contributed by atoms with E-state index in [1.165, 1.54) is 43.7 Å². The number of H-pyrrole nitrogens is 1. The molecule has 3 heteroatoms. The second-order valence-electron chi connectivity index (χ2n) is 5.24. The van der Waals surface area contributed by atoms with Gasteiger partial charge in [-0.3, -0.25) is 4.98 Å². The minimum Gasteiger partial charge on any atom is -0.354 e. The van der Waals surface area contributed by atoms with Gasteiger partial charge in [-0.15, -0.1) is 0 Å². The fourth-order valence-electron chi connectivity index (χ4n) is 3.12. The van der Waals surface area contributed by atoms with Gasteiger partial charge < -0.3 is 4.98 Å². The maximum absolute atomic E-state index is 4.28. The number of aromatic amines is 1. The van der Waals surface area contributed by atoms with Crippen molar-refractivity contribution in [3.8, 4) is 0 Å². The summed E-state index contributed by atoms with van der Waals surface area (Å²) in [5, 5.41) is 5.08. The number of benzene rings is 2. The lowest BCUT2D eigenvalue weighted by Gasteiger charge is -2.08. The Hall–Kier alpha value is -1.87. The average molecular weight is 325 g/mol. The smallest absolute Gasteiger partial charge is 0.0503 e. The van der Waals surface area contributed by atoms with Crippen LogP contribution >= 0.6 is 15.9 Å². The van der Waals surface area contributed by atoms with Crippen molar-refractivity contribution in [2.45, 2.75) is 13.8 Å². The zero-order valence-corrected chi connectivity index (χ0v) is 12.9. The first-order valence-electron chi connectivity index (χ1n) is 6.60. The van der Waals surface area contributed by atoms with E-state index in [1.807, 2.05) is 12.4 Å². The minimum absolute atomic E-state index is 1.11. The van der Waals surface area contributed by atoms with Crippen molar-refractivity contribution in [2.24, 2.45) is 0 Å². The highest BCUT2D eigenvalue weighted by molar-refractivity contribution is 9.10. The van der Waals surface area contributed by atoms with Crippen LogP contribution in [0.15, 0.2) is 41.1 Å². The van der Waals surface area contributed by atoms with Crippen molar-refractivity contribution < 1.29 is 0 Å². The van der Waals surface area contributed by atoms with Crippen molar-refractivity contribution in [1.82, 2.24) is 9.97 Å². The number of nitrogens with one attached hydrogen (secondary N) is 1. The lowest BCUT2D eigenvalue weighted by molar-refractivity contribution is 1.35.